The Balaban J connectivity index is 2.22. The number of benzene rings is 1. The van der Waals surface area contributed by atoms with Crippen LogP contribution in [0.4, 0.5) is 0 Å². The molecular formula is C14H13N3OS. The van der Waals surface area contributed by atoms with Gasteiger partial charge in [-0.3, -0.25) is 9.69 Å². The van der Waals surface area contributed by atoms with E-state index in [1.807, 2.05) is 6.92 Å². The SMILES string of the molecule is CCCN1C(=O)/C(=C\c2ccc(C#N)cc2)NC1=S. The molecule has 5 heteroatoms. The second-order valence-corrected chi connectivity index (χ2v) is 4.57. The molecule has 2 rings (SSSR count). The molecule has 0 radical (unpaired) electrons. The van der Waals surface area contributed by atoms with Crippen molar-refractivity contribution >= 4 is 29.3 Å². The molecule has 1 heterocycles. The Labute approximate surface area is 117 Å². The number of carbonyl (C=O) groups excluding carboxylic acids is 1. The van der Waals surface area contributed by atoms with Gasteiger partial charge < -0.3 is 5.32 Å². The van der Waals surface area contributed by atoms with Crippen LogP contribution in [-0.4, -0.2) is 22.5 Å². The molecule has 1 aromatic rings. The molecule has 1 saturated heterocycles. The van der Waals surface area contributed by atoms with Crippen LogP contribution in [0.15, 0.2) is 30.0 Å². The van der Waals surface area contributed by atoms with Gasteiger partial charge in [-0.1, -0.05) is 19.1 Å². The van der Waals surface area contributed by atoms with E-state index in [0.717, 1.165) is 12.0 Å². The zero-order chi connectivity index (χ0) is 13.8. The molecule has 0 unspecified atom stereocenters. The van der Waals surface area contributed by atoms with Crippen LogP contribution in [0.5, 0.6) is 0 Å². The highest BCUT2D eigenvalue weighted by Crippen LogP contribution is 2.15. The van der Waals surface area contributed by atoms with Gasteiger partial charge in [-0.05, 0) is 42.4 Å². The van der Waals surface area contributed by atoms with Crippen molar-refractivity contribution < 1.29 is 4.79 Å². The summed E-state index contributed by atoms with van der Waals surface area (Å²) in [5.41, 5.74) is 1.93. The Morgan fingerprint density at radius 3 is 2.68 bits per heavy atom. The maximum Gasteiger partial charge on any atom is 0.276 e. The van der Waals surface area contributed by atoms with Crippen molar-refractivity contribution in [1.82, 2.24) is 10.2 Å². The number of rotatable bonds is 3. The quantitative estimate of drug-likeness (QED) is 0.675. The second-order valence-electron chi connectivity index (χ2n) is 4.18. The molecule has 1 aliphatic heterocycles. The smallest absolute Gasteiger partial charge is 0.276 e. The molecular weight excluding hydrogens is 258 g/mol. The summed E-state index contributed by atoms with van der Waals surface area (Å²) in [4.78, 5) is 13.6. The van der Waals surface area contributed by atoms with Crippen LogP contribution in [0.1, 0.15) is 24.5 Å². The summed E-state index contributed by atoms with van der Waals surface area (Å²) in [5.74, 6) is -0.101. The number of hydrogen-bond donors (Lipinski definition) is 1. The summed E-state index contributed by atoms with van der Waals surface area (Å²) in [6.45, 7) is 2.62. The van der Waals surface area contributed by atoms with Crippen LogP contribution in [0.3, 0.4) is 0 Å². The Bertz CT molecular complexity index is 584. The van der Waals surface area contributed by atoms with Crippen LogP contribution in [0, 0.1) is 11.3 Å². The van der Waals surface area contributed by atoms with Gasteiger partial charge in [0.2, 0.25) is 0 Å². The normalized spacial score (nSPS) is 16.6. The van der Waals surface area contributed by atoms with E-state index in [4.69, 9.17) is 17.5 Å². The number of nitriles is 1. The molecule has 0 saturated carbocycles. The zero-order valence-corrected chi connectivity index (χ0v) is 11.3. The average molecular weight is 271 g/mol. The Kier molecular flexibility index (Phi) is 3.93. The fraction of sp³-hybridized carbons (Fsp3) is 0.214. The lowest BCUT2D eigenvalue weighted by molar-refractivity contribution is -0.122. The van der Waals surface area contributed by atoms with E-state index in [-0.39, 0.29) is 5.91 Å². The first-order chi connectivity index (χ1) is 9.15. The van der Waals surface area contributed by atoms with Crippen molar-refractivity contribution in [2.24, 2.45) is 0 Å². The highest BCUT2D eigenvalue weighted by Gasteiger charge is 2.29. The number of amides is 1. The van der Waals surface area contributed by atoms with E-state index in [1.54, 1.807) is 35.2 Å². The maximum atomic E-state index is 12.1. The summed E-state index contributed by atoms with van der Waals surface area (Å²) < 4.78 is 0. The van der Waals surface area contributed by atoms with Crippen molar-refractivity contribution in [2.75, 3.05) is 6.54 Å². The third kappa shape index (κ3) is 2.80. The van der Waals surface area contributed by atoms with Crippen LogP contribution >= 0.6 is 12.2 Å². The maximum absolute atomic E-state index is 12.1. The molecule has 1 aromatic carbocycles. The number of nitrogens with zero attached hydrogens (tertiary/aromatic N) is 2. The molecule has 1 N–H and O–H groups in total. The van der Waals surface area contributed by atoms with Crippen LogP contribution < -0.4 is 5.32 Å². The van der Waals surface area contributed by atoms with Gasteiger partial charge in [0.05, 0.1) is 11.6 Å². The van der Waals surface area contributed by atoms with E-state index >= 15 is 0 Å². The lowest BCUT2D eigenvalue weighted by Gasteiger charge is -2.11. The molecule has 4 nitrogen and oxygen atoms in total. The van der Waals surface area contributed by atoms with Crippen molar-refractivity contribution in [3.05, 3.63) is 41.1 Å². The largest absolute Gasteiger partial charge is 0.328 e. The van der Waals surface area contributed by atoms with Gasteiger partial charge in [0, 0.05) is 6.54 Å². The van der Waals surface area contributed by atoms with Crippen molar-refractivity contribution in [3.8, 4) is 6.07 Å². The molecule has 1 fully saturated rings. The first-order valence-corrected chi connectivity index (χ1v) is 6.41. The first-order valence-electron chi connectivity index (χ1n) is 6.00. The predicted octanol–water partition coefficient (Wildman–Crippen LogP) is 2.03. The molecule has 19 heavy (non-hydrogen) atoms. The minimum Gasteiger partial charge on any atom is -0.328 e. The van der Waals surface area contributed by atoms with E-state index in [1.165, 1.54) is 0 Å². The van der Waals surface area contributed by atoms with Gasteiger partial charge in [0.1, 0.15) is 5.70 Å². The second kappa shape index (κ2) is 5.63. The molecule has 1 amide bonds. The highest BCUT2D eigenvalue weighted by molar-refractivity contribution is 7.80. The van der Waals surface area contributed by atoms with Crippen molar-refractivity contribution in [3.63, 3.8) is 0 Å². The highest BCUT2D eigenvalue weighted by atomic mass is 32.1. The van der Waals surface area contributed by atoms with Gasteiger partial charge >= 0.3 is 0 Å². The molecule has 0 spiro atoms. The first kappa shape index (κ1) is 13.2. The van der Waals surface area contributed by atoms with Gasteiger partial charge in [0.15, 0.2) is 5.11 Å². The predicted molar refractivity (Wildman–Crippen MR) is 76.9 cm³/mol. The molecule has 0 aromatic heterocycles. The zero-order valence-electron chi connectivity index (χ0n) is 10.5. The third-order valence-electron chi connectivity index (χ3n) is 2.76. The Morgan fingerprint density at radius 2 is 2.11 bits per heavy atom. The van der Waals surface area contributed by atoms with Crippen LogP contribution in [0.2, 0.25) is 0 Å². The lowest BCUT2D eigenvalue weighted by Crippen LogP contribution is -2.31. The summed E-state index contributed by atoms with van der Waals surface area (Å²) in [6.07, 6.45) is 2.60. The fourth-order valence-electron chi connectivity index (χ4n) is 1.82. The molecule has 96 valence electrons. The Morgan fingerprint density at radius 1 is 1.42 bits per heavy atom. The summed E-state index contributed by atoms with van der Waals surface area (Å²) >= 11 is 5.13. The Hall–Kier alpha value is -2.19. The van der Waals surface area contributed by atoms with Crippen molar-refractivity contribution in [2.45, 2.75) is 13.3 Å². The van der Waals surface area contributed by atoms with Crippen LogP contribution in [0.25, 0.3) is 6.08 Å². The van der Waals surface area contributed by atoms with Gasteiger partial charge in [-0.2, -0.15) is 5.26 Å². The number of nitrogens with one attached hydrogen (secondary N) is 1. The van der Waals surface area contributed by atoms with Crippen LogP contribution in [-0.2, 0) is 4.79 Å². The molecule has 0 atom stereocenters. The minimum absolute atomic E-state index is 0.101. The molecule has 1 aliphatic rings. The summed E-state index contributed by atoms with van der Waals surface area (Å²) in [7, 11) is 0. The van der Waals surface area contributed by atoms with E-state index in [9.17, 15) is 4.79 Å². The fourth-order valence-corrected chi connectivity index (χ4v) is 2.10. The number of hydrogen-bond acceptors (Lipinski definition) is 3. The van der Waals surface area contributed by atoms with Gasteiger partial charge in [-0.15, -0.1) is 0 Å². The number of carbonyl (C=O) groups is 1. The summed E-state index contributed by atoms with van der Waals surface area (Å²) in [6, 6.07) is 9.08. The van der Waals surface area contributed by atoms with E-state index in [2.05, 4.69) is 11.4 Å². The summed E-state index contributed by atoms with van der Waals surface area (Å²) in [5, 5.41) is 12.1. The molecule has 0 bridgehead atoms. The van der Waals surface area contributed by atoms with Gasteiger partial charge in [-0.25, -0.2) is 0 Å². The standard InChI is InChI=1S/C14H13N3OS/c1-2-7-17-13(18)12(16-14(17)19)8-10-3-5-11(9-15)6-4-10/h3-6,8H,2,7H2,1H3,(H,16,19)/b12-8+. The third-order valence-corrected chi connectivity index (χ3v) is 3.08. The average Bonchev–Trinajstić information content (AvgIpc) is 2.68. The lowest BCUT2D eigenvalue weighted by atomic mass is 10.1. The van der Waals surface area contributed by atoms with E-state index < -0.39 is 0 Å². The monoisotopic (exact) mass is 271 g/mol. The van der Waals surface area contributed by atoms with E-state index in [0.29, 0.717) is 22.9 Å². The van der Waals surface area contributed by atoms with Gasteiger partial charge in [0.25, 0.3) is 5.91 Å². The van der Waals surface area contributed by atoms with Crippen molar-refractivity contribution in [1.29, 1.82) is 5.26 Å². The molecule has 0 aliphatic carbocycles. The number of thiocarbonyl (C=S) groups is 1. The minimum atomic E-state index is -0.101. The topological polar surface area (TPSA) is 56.1 Å².